The molecule has 160 valence electrons. The van der Waals surface area contributed by atoms with Crippen LogP contribution in [-0.4, -0.2) is 42.3 Å². The van der Waals surface area contributed by atoms with E-state index >= 15 is 0 Å². The van der Waals surface area contributed by atoms with Crippen LogP contribution in [0.15, 0.2) is 40.4 Å². The number of nitrogens with zero attached hydrogens (tertiary/aromatic N) is 2. The molecule has 10 heteroatoms. The highest BCUT2D eigenvalue weighted by molar-refractivity contribution is 7.99. The van der Waals surface area contributed by atoms with Crippen molar-refractivity contribution in [3.63, 3.8) is 0 Å². The Hall–Kier alpha value is -2.33. The topological polar surface area (TPSA) is 107 Å². The van der Waals surface area contributed by atoms with Crippen LogP contribution < -0.4 is 14.8 Å². The van der Waals surface area contributed by atoms with Crippen LogP contribution in [0.4, 0.5) is 0 Å². The third-order valence-electron chi connectivity index (χ3n) is 5.18. The lowest BCUT2D eigenvalue weighted by molar-refractivity contribution is -0.118. The average Bonchev–Trinajstić information content (AvgIpc) is 3.25. The van der Waals surface area contributed by atoms with E-state index in [1.54, 1.807) is 6.07 Å². The smallest absolute Gasteiger partial charge is 0.231 e. The van der Waals surface area contributed by atoms with Crippen LogP contribution in [0.1, 0.15) is 37.7 Å². The molecule has 0 atom stereocenters. The first kappa shape index (κ1) is 20.9. The van der Waals surface area contributed by atoms with Gasteiger partial charge in [-0.15, -0.1) is 10.2 Å². The highest BCUT2D eigenvalue weighted by atomic mass is 32.2. The summed E-state index contributed by atoms with van der Waals surface area (Å²) in [7, 11) is -3.44. The van der Waals surface area contributed by atoms with E-state index in [9.17, 15) is 13.2 Å². The summed E-state index contributed by atoms with van der Waals surface area (Å²) < 4.78 is 35.9. The number of thioether (sulfide) groups is 1. The molecule has 1 aliphatic heterocycles. The molecule has 2 aromatic rings. The number of ether oxygens (including phenoxy) is 2. The lowest BCUT2D eigenvalue weighted by Crippen LogP contribution is -2.25. The van der Waals surface area contributed by atoms with Gasteiger partial charge in [0, 0.05) is 6.54 Å². The fourth-order valence-electron chi connectivity index (χ4n) is 3.52. The van der Waals surface area contributed by atoms with E-state index in [0.717, 1.165) is 24.8 Å². The molecule has 30 heavy (non-hydrogen) atoms. The van der Waals surface area contributed by atoms with Crippen molar-refractivity contribution in [1.29, 1.82) is 0 Å². The first-order valence-corrected chi connectivity index (χ1v) is 12.4. The monoisotopic (exact) mass is 449 g/mol. The standard InChI is InChI=1S/C20H23N3O5S2/c24-18(21-11-14-6-7-16-17(10-14)28-13-27-16)12-29-19-8-9-20(23-22-19)30(25,26)15-4-2-1-3-5-15/h6-10,15H,1-5,11-13H2,(H,21,24). The van der Waals surface area contributed by atoms with Gasteiger partial charge < -0.3 is 14.8 Å². The molecule has 8 nitrogen and oxygen atoms in total. The summed E-state index contributed by atoms with van der Waals surface area (Å²) in [4.78, 5) is 12.1. The van der Waals surface area contributed by atoms with Gasteiger partial charge in [0.25, 0.3) is 0 Å². The van der Waals surface area contributed by atoms with Crippen molar-refractivity contribution in [2.24, 2.45) is 0 Å². The Kier molecular flexibility index (Phi) is 6.43. The predicted molar refractivity (Wildman–Crippen MR) is 111 cm³/mol. The largest absolute Gasteiger partial charge is 0.454 e. The summed E-state index contributed by atoms with van der Waals surface area (Å²) in [6.45, 7) is 0.587. The first-order valence-electron chi connectivity index (χ1n) is 9.88. The van der Waals surface area contributed by atoms with Crippen LogP contribution in [0.2, 0.25) is 0 Å². The molecule has 0 unspecified atom stereocenters. The Labute approximate surface area is 179 Å². The molecule has 2 aliphatic rings. The molecular weight excluding hydrogens is 426 g/mol. The van der Waals surface area contributed by atoms with Crippen LogP contribution in [0, 0.1) is 0 Å². The number of carbonyl (C=O) groups is 1. The number of hydrogen-bond donors (Lipinski definition) is 1. The van der Waals surface area contributed by atoms with E-state index in [1.807, 2.05) is 18.2 Å². The highest BCUT2D eigenvalue weighted by Gasteiger charge is 2.30. The van der Waals surface area contributed by atoms with Crippen LogP contribution in [0.5, 0.6) is 11.5 Å². The molecule has 0 radical (unpaired) electrons. The number of fused-ring (bicyclic) bond motifs is 1. The quantitative estimate of drug-likeness (QED) is 0.643. The van der Waals surface area contributed by atoms with Gasteiger partial charge in [-0.05, 0) is 42.7 Å². The zero-order chi connectivity index (χ0) is 21.0. The molecule has 1 aliphatic carbocycles. The predicted octanol–water partition coefficient (Wildman–Crippen LogP) is 2.72. The van der Waals surface area contributed by atoms with E-state index in [1.165, 1.54) is 17.8 Å². The van der Waals surface area contributed by atoms with Crippen molar-refractivity contribution in [2.75, 3.05) is 12.5 Å². The zero-order valence-electron chi connectivity index (χ0n) is 16.4. The van der Waals surface area contributed by atoms with Gasteiger partial charge in [-0.3, -0.25) is 4.79 Å². The van der Waals surface area contributed by atoms with Crippen LogP contribution in [0.25, 0.3) is 0 Å². The van der Waals surface area contributed by atoms with Crippen molar-refractivity contribution < 1.29 is 22.7 Å². The minimum absolute atomic E-state index is 0.0195. The summed E-state index contributed by atoms with van der Waals surface area (Å²) in [6, 6.07) is 8.63. The molecule has 0 bridgehead atoms. The van der Waals surface area contributed by atoms with Gasteiger partial charge in [0.05, 0.1) is 11.0 Å². The number of hydrogen-bond acceptors (Lipinski definition) is 8. The number of sulfone groups is 1. The average molecular weight is 450 g/mol. The summed E-state index contributed by atoms with van der Waals surface area (Å²) in [5.74, 6) is 1.38. The van der Waals surface area contributed by atoms with E-state index in [-0.39, 0.29) is 28.7 Å². The second-order valence-corrected chi connectivity index (χ2v) is 10.4. The summed E-state index contributed by atoms with van der Waals surface area (Å²) in [5.41, 5.74) is 0.912. The third kappa shape index (κ3) is 4.86. The molecule has 1 aromatic carbocycles. The Morgan fingerprint density at radius 3 is 2.63 bits per heavy atom. The summed E-state index contributed by atoms with van der Waals surface area (Å²) >= 11 is 1.21. The van der Waals surface area contributed by atoms with Gasteiger partial charge in [-0.25, -0.2) is 8.42 Å². The number of benzene rings is 1. The molecule has 2 heterocycles. The fraction of sp³-hybridized carbons (Fsp3) is 0.450. The van der Waals surface area contributed by atoms with E-state index in [0.29, 0.717) is 35.9 Å². The lowest BCUT2D eigenvalue weighted by atomic mass is 10.0. The SMILES string of the molecule is O=C(CSc1ccc(S(=O)(=O)C2CCCCC2)nn1)NCc1ccc2c(c1)OCO2. The zero-order valence-corrected chi connectivity index (χ0v) is 18.0. The maximum Gasteiger partial charge on any atom is 0.231 e. The van der Waals surface area contributed by atoms with Gasteiger partial charge >= 0.3 is 0 Å². The maximum atomic E-state index is 12.7. The normalized spacial score (nSPS) is 16.4. The molecule has 0 spiro atoms. The van der Waals surface area contributed by atoms with Crippen molar-refractivity contribution in [3.05, 3.63) is 35.9 Å². The number of amides is 1. The van der Waals surface area contributed by atoms with Gasteiger partial charge in [-0.2, -0.15) is 0 Å². The first-order chi connectivity index (χ1) is 14.5. The van der Waals surface area contributed by atoms with E-state index in [2.05, 4.69) is 15.5 Å². The Morgan fingerprint density at radius 1 is 1.07 bits per heavy atom. The van der Waals surface area contributed by atoms with Crippen LogP contribution in [-0.2, 0) is 21.2 Å². The third-order valence-corrected chi connectivity index (χ3v) is 8.25. The fourth-order valence-corrected chi connectivity index (χ4v) is 5.88. The number of rotatable bonds is 7. The van der Waals surface area contributed by atoms with Gasteiger partial charge in [0.2, 0.25) is 12.7 Å². The minimum Gasteiger partial charge on any atom is -0.454 e. The van der Waals surface area contributed by atoms with E-state index in [4.69, 9.17) is 9.47 Å². The number of nitrogens with one attached hydrogen (secondary N) is 1. The van der Waals surface area contributed by atoms with Gasteiger partial charge in [-0.1, -0.05) is 37.1 Å². The summed E-state index contributed by atoms with van der Waals surface area (Å²) in [6.07, 6.45) is 4.33. The number of aromatic nitrogens is 2. The molecule has 0 saturated heterocycles. The second kappa shape index (κ2) is 9.22. The Morgan fingerprint density at radius 2 is 1.87 bits per heavy atom. The molecule has 1 amide bonds. The van der Waals surface area contributed by atoms with Crippen LogP contribution in [0.3, 0.4) is 0 Å². The molecule has 1 fully saturated rings. The molecule has 1 N–H and O–H groups in total. The highest BCUT2D eigenvalue weighted by Crippen LogP contribution is 2.32. The van der Waals surface area contributed by atoms with Crippen molar-refractivity contribution in [1.82, 2.24) is 15.5 Å². The summed E-state index contributed by atoms with van der Waals surface area (Å²) in [5, 5.41) is 10.9. The van der Waals surface area contributed by atoms with Gasteiger partial charge in [0.1, 0.15) is 5.03 Å². The Balaban J connectivity index is 1.27. The molecule has 4 rings (SSSR count). The minimum atomic E-state index is -3.44. The molecular formula is C20H23N3O5S2. The maximum absolute atomic E-state index is 12.7. The van der Waals surface area contributed by atoms with Crippen molar-refractivity contribution >= 4 is 27.5 Å². The van der Waals surface area contributed by atoms with Crippen molar-refractivity contribution in [2.45, 2.75) is 54.0 Å². The van der Waals surface area contributed by atoms with Gasteiger partial charge in [0.15, 0.2) is 26.4 Å². The van der Waals surface area contributed by atoms with E-state index < -0.39 is 9.84 Å². The lowest BCUT2D eigenvalue weighted by Gasteiger charge is -2.20. The van der Waals surface area contributed by atoms with Crippen molar-refractivity contribution in [3.8, 4) is 11.5 Å². The molecule has 1 saturated carbocycles. The molecule has 1 aromatic heterocycles. The Bertz CT molecular complexity index is 1010. The van der Waals surface area contributed by atoms with Crippen LogP contribution >= 0.6 is 11.8 Å². The number of carbonyl (C=O) groups excluding carboxylic acids is 1. The second-order valence-electron chi connectivity index (χ2n) is 7.27.